The fourth-order valence-electron chi connectivity index (χ4n) is 0.932. The third-order valence-corrected chi connectivity index (χ3v) is 3.25. The Bertz CT molecular complexity index is 211. The van der Waals surface area contributed by atoms with Gasteiger partial charge in [-0.1, -0.05) is 0 Å². The molecule has 0 spiro atoms. The number of sulfone groups is 1. The fourth-order valence-corrected chi connectivity index (χ4v) is 2.41. The fraction of sp³-hybridized carbons (Fsp3) is 1.00. The van der Waals surface area contributed by atoms with Gasteiger partial charge in [0.15, 0.2) is 9.84 Å². The highest BCUT2D eigenvalue weighted by atomic mass is 32.2. The Morgan fingerprint density at radius 2 is 2.10 bits per heavy atom. The van der Waals surface area contributed by atoms with Gasteiger partial charge in [0.2, 0.25) is 0 Å². The van der Waals surface area contributed by atoms with Gasteiger partial charge in [0.25, 0.3) is 0 Å². The summed E-state index contributed by atoms with van der Waals surface area (Å²) in [6, 6.07) is 0. The van der Waals surface area contributed by atoms with E-state index in [0.29, 0.717) is 0 Å². The number of halogens is 1. The van der Waals surface area contributed by atoms with Crippen LogP contribution in [0, 0.1) is 0 Å². The maximum Gasteiger partial charge on any atom is 0.153 e. The van der Waals surface area contributed by atoms with E-state index in [1.54, 1.807) is 0 Å². The van der Waals surface area contributed by atoms with Crippen LogP contribution < -0.4 is 0 Å². The lowest BCUT2D eigenvalue weighted by atomic mass is 10.2. The summed E-state index contributed by atoms with van der Waals surface area (Å²) in [6.07, 6.45) is -2.73. The molecule has 0 radical (unpaired) electrons. The maximum absolute atomic E-state index is 12.4. The molecule has 0 saturated carbocycles. The summed E-state index contributed by atoms with van der Waals surface area (Å²) in [6.45, 7) is 0. The number of aliphatic hydroxyl groups is 1. The normalized spacial score (nSPS) is 39.4. The third kappa shape index (κ3) is 1.67. The molecule has 2 unspecified atom stereocenters. The van der Waals surface area contributed by atoms with E-state index >= 15 is 0 Å². The van der Waals surface area contributed by atoms with Crippen LogP contribution >= 0.6 is 0 Å². The molecule has 10 heavy (non-hydrogen) atoms. The van der Waals surface area contributed by atoms with E-state index in [9.17, 15) is 12.8 Å². The molecule has 1 aliphatic rings. The largest absolute Gasteiger partial charge is 0.389 e. The molecule has 1 aliphatic heterocycles. The second-order valence-electron chi connectivity index (χ2n) is 2.49. The monoisotopic (exact) mass is 168 g/mol. The van der Waals surface area contributed by atoms with Gasteiger partial charge in [-0.3, -0.25) is 0 Å². The van der Waals surface area contributed by atoms with Gasteiger partial charge in [0.1, 0.15) is 6.17 Å². The lowest BCUT2D eigenvalue weighted by Crippen LogP contribution is -2.38. The van der Waals surface area contributed by atoms with E-state index in [4.69, 9.17) is 5.11 Å². The number of aliphatic hydroxyl groups excluding tert-OH is 1. The molecule has 1 rings (SSSR count). The summed E-state index contributed by atoms with van der Waals surface area (Å²) in [4.78, 5) is 0. The first-order chi connectivity index (χ1) is 4.51. The van der Waals surface area contributed by atoms with E-state index in [2.05, 4.69) is 0 Å². The van der Waals surface area contributed by atoms with Crippen LogP contribution in [0.2, 0.25) is 0 Å². The minimum absolute atomic E-state index is 0.0660. The Balaban J connectivity index is 2.66. The van der Waals surface area contributed by atoms with Crippen LogP contribution in [0.1, 0.15) is 6.42 Å². The minimum atomic E-state index is -3.15. The maximum atomic E-state index is 12.4. The predicted octanol–water partition coefficient (Wildman–Crippen LogP) is -0.496. The van der Waals surface area contributed by atoms with Crippen molar-refractivity contribution in [3.63, 3.8) is 0 Å². The zero-order chi connectivity index (χ0) is 7.78. The Kier molecular flexibility index (Phi) is 1.96. The average Bonchev–Trinajstić information content (AvgIpc) is 1.79. The standard InChI is InChI=1S/C5H9FO3S/c6-4-1-2-10(8,9)3-5(4)7/h4-5,7H,1-3H2. The number of alkyl halides is 1. The SMILES string of the molecule is O=S1(=O)CCC(F)C(O)C1. The molecule has 3 nitrogen and oxygen atoms in total. The first-order valence-electron chi connectivity index (χ1n) is 3.04. The average molecular weight is 168 g/mol. The zero-order valence-electron chi connectivity index (χ0n) is 5.33. The van der Waals surface area contributed by atoms with Crippen molar-refractivity contribution in [2.75, 3.05) is 11.5 Å². The van der Waals surface area contributed by atoms with Crippen molar-refractivity contribution in [2.24, 2.45) is 0 Å². The van der Waals surface area contributed by atoms with Gasteiger partial charge in [0.05, 0.1) is 17.6 Å². The van der Waals surface area contributed by atoms with Crippen molar-refractivity contribution in [3.05, 3.63) is 0 Å². The van der Waals surface area contributed by atoms with Gasteiger partial charge in [-0.2, -0.15) is 0 Å². The van der Waals surface area contributed by atoms with Gasteiger partial charge in [-0.25, -0.2) is 12.8 Å². The van der Waals surface area contributed by atoms with Crippen molar-refractivity contribution >= 4 is 9.84 Å². The van der Waals surface area contributed by atoms with Gasteiger partial charge in [-0.05, 0) is 6.42 Å². The molecular formula is C5H9FO3S. The molecule has 1 fully saturated rings. The summed E-state index contributed by atoms with van der Waals surface area (Å²) in [5, 5.41) is 8.76. The molecule has 0 amide bonds. The van der Waals surface area contributed by atoms with Gasteiger partial charge < -0.3 is 5.11 Å². The quantitative estimate of drug-likeness (QED) is 0.530. The first kappa shape index (κ1) is 7.94. The van der Waals surface area contributed by atoms with E-state index in [1.165, 1.54) is 0 Å². The number of hydrogen-bond donors (Lipinski definition) is 1. The highest BCUT2D eigenvalue weighted by Gasteiger charge is 2.31. The van der Waals surface area contributed by atoms with Gasteiger partial charge in [-0.15, -0.1) is 0 Å². The molecule has 2 atom stereocenters. The van der Waals surface area contributed by atoms with Crippen molar-refractivity contribution in [1.29, 1.82) is 0 Å². The van der Waals surface area contributed by atoms with Crippen LogP contribution in [-0.4, -0.2) is 37.3 Å². The Labute approximate surface area is 58.8 Å². The Hall–Kier alpha value is -0.160. The van der Waals surface area contributed by atoms with Crippen LogP contribution in [0.4, 0.5) is 4.39 Å². The highest BCUT2D eigenvalue weighted by molar-refractivity contribution is 7.91. The third-order valence-electron chi connectivity index (χ3n) is 1.55. The summed E-state index contributed by atoms with van der Waals surface area (Å²) < 4.78 is 33.8. The summed E-state index contributed by atoms with van der Waals surface area (Å²) >= 11 is 0. The molecule has 1 saturated heterocycles. The molecule has 1 heterocycles. The van der Waals surface area contributed by atoms with Crippen LogP contribution in [0.15, 0.2) is 0 Å². The highest BCUT2D eigenvalue weighted by Crippen LogP contribution is 2.15. The summed E-state index contributed by atoms with van der Waals surface area (Å²) in [7, 11) is -3.15. The summed E-state index contributed by atoms with van der Waals surface area (Å²) in [5.74, 6) is -0.556. The van der Waals surface area contributed by atoms with Crippen LogP contribution in [-0.2, 0) is 9.84 Å². The van der Waals surface area contributed by atoms with E-state index in [-0.39, 0.29) is 12.2 Å². The number of hydrogen-bond acceptors (Lipinski definition) is 3. The van der Waals surface area contributed by atoms with Gasteiger partial charge in [0, 0.05) is 0 Å². The summed E-state index contributed by atoms with van der Waals surface area (Å²) in [5.41, 5.74) is 0. The first-order valence-corrected chi connectivity index (χ1v) is 4.86. The van der Waals surface area contributed by atoms with Crippen molar-refractivity contribution in [1.82, 2.24) is 0 Å². The molecule has 0 aromatic carbocycles. The molecule has 60 valence electrons. The molecule has 0 aromatic heterocycles. The molecule has 5 heteroatoms. The number of rotatable bonds is 0. The topological polar surface area (TPSA) is 54.4 Å². The molecule has 0 bridgehead atoms. The van der Waals surface area contributed by atoms with Crippen molar-refractivity contribution in [2.45, 2.75) is 18.7 Å². The zero-order valence-corrected chi connectivity index (χ0v) is 6.14. The molecule has 1 N–H and O–H groups in total. The second-order valence-corrected chi connectivity index (χ2v) is 4.72. The minimum Gasteiger partial charge on any atom is -0.389 e. The van der Waals surface area contributed by atoms with Crippen LogP contribution in [0.3, 0.4) is 0 Å². The van der Waals surface area contributed by atoms with Crippen LogP contribution in [0.5, 0.6) is 0 Å². The predicted molar refractivity (Wildman–Crippen MR) is 34.2 cm³/mol. The molecular weight excluding hydrogens is 159 g/mol. The van der Waals surface area contributed by atoms with E-state index in [1.807, 2.05) is 0 Å². The molecule has 0 aliphatic carbocycles. The Morgan fingerprint density at radius 1 is 1.50 bits per heavy atom. The van der Waals surface area contributed by atoms with E-state index < -0.39 is 27.9 Å². The lowest BCUT2D eigenvalue weighted by Gasteiger charge is -2.20. The lowest BCUT2D eigenvalue weighted by molar-refractivity contribution is 0.0885. The van der Waals surface area contributed by atoms with Crippen LogP contribution in [0.25, 0.3) is 0 Å². The second kappa shape index (κ2) is 2.47. The van der Waals surface area contributed by atoms with Crippen molar-refractivity contribution in [3.8, 4) is 0 Å². The smallest absolute Gasteiger partial charge is 0.153 e. The Morgan fingerprint density at radius 3 is 2.50 bits per heavy atom. The van der Waals surface area contributed by atoms with Gasteiger partial charge >= 0.3 is 0 Å². The van der Waals surface area contributed by atoms with Crippen molar-refractivity contribution < 1.29 is 17.9 Å². The molecule has 0 aromatic rings. The van der Waals surface area contributed by atoms with E-state index in [0.717, 1.165) is 0 Å².